The van der Waals surface area contributed by atoms with Crippen molar-refractivity contribution in [2.24, 2.45) is 5.73 Å². The van der Waals surface area contributed by atoms with E-state index in [1.165, 1.54) is 11.2 Å². The van der Waals surface area contributed by atoms with Gasteiger partial charge >= 0.3 is 18.1 Å². The van der Waals surface area contributed by atoms with Crippen molar-refractivity contribution in [1.29, 1.82) is 0 Å². The molecular formula is C14H17F3N2O6. The van der Waals surface area contributed by atoms with Crippen molar-refractivity contribution >= 4 is 17.8 Å². The van der Waals surface area contributed by atoms with Gasteiger partial charge in [-0.15, -0.1) is 0 Å². The molecule has 1 aliphatic rings. The number of carbonyl (C=O) groups is 3. The minimum absolute atomic E-state index is 0.0322. The van der Waals surface area contributed by atoms with Gasteiger partial charge in [0.2, 0.25) is 0 Å². The van der Waals surface area contributed by atoms with E-state index in [-0.39, 0.29) is 25.0 Å². The topological polar surface area (TPSA) is 134 Å². The van der Waals surface area contributed by atoms with E-state index in [2.05, 4.69) is 0 Å². The molecule has 0 saturated heterocycles. The van der Waals surface area contributed by atoms with Crippen LogP contribution in [0.2, 0.25) is 0 Å². The summed E-state index contributed by atoms with van der Waals surface area (Å²) in [7, 11) is 0. The lowest BCUT2D eigenvalue weighted by molar-refractivity contribution is -0.192. The monoisotopic (exact) mass is 366 g/mol. The largest absolute Gasteiger partial charge is 0.490 e. The van der Waals surface area contributed by atoms with E-state index in [9.17, 15) is 22.8 Å². The molecule has 25 heavy (non-hydrogen) atoms. The molecule has 1 aromatic rings. The van der Waals surface area contributed by atoms with Gasteiger partial charge in [0.1, 0.15) is 18.6 Å². The molecule has 0 aliphatic heterocycles. The Labute approximate surface area is 140 Å². The van der Waals surface area contributed by atoms with Crippen LogP contribution >= 0.6 is 0 Å². The first-order valence-corrected chi connectivity index (χ1v) is 7.16. The first-order valence-electron chi connectivity index (χ1n) is 7.16. The second-order valence-electron chi connectivity index (χ2n) is 5.22. The maximum atomic E-state index is 12.2. The number of carbonyl (C=O) groups excluding carboxylic acids is 1. The molecule has 0 radical (unpaired) electrons. The zero-order valence-electron chi connectivity index (χ0n) is 13.0. The highest BCUT2D eigenvalue weighted by Gasteiger charge is 2.38. The molecule has 0 atom stereocenters. The van der Waals surface area contributed by atoms with Crippen LogP contribution in [0, 0.1) is 0 Å². The van der Waals surface area contributed by atoms with Gasteiger partial charge in [0.25, 0.3) is 5.91 Å². The number of nitrogens with zero attached hydrogens (tertiary/aromatic N) is 1. The van der Waals surface area contributed by atoms with Crippen molar-refractivity contribution in [1.82, 2.24) is 4.90 Å². The Balaban J connectivity index is 0.000000381. The summed E-state index contributed by atoms with van der Waals surface area (Å²) in [5.74, 6) is -3.54. The van der Waals surface area contributed by atoms with Gasteiger partial charge < -0.3 is 25.3 Å². The molecule has 0 spiro atoms. The molecule has 1 heterocycles. The highest BCUT2D eigenvalue weighted by molar-refractivity contribution is 5.96. The molecule has 8 nitrogen and oxygen atoms in total. The quantitative estimate of drug-likeness (QED) is 0.718. The standard InChI is InChI=1S/C12H16N2O4.C2HF3O2/c13-5-10-4-8(7-18-10)12(17)14(6-11(15)16)9-2-1-3-9;3-2(4,5)1(6)7/h4,7,9H,1-3,5-6,13H2,(H,15,16);(H,6,7). The fourth-order valence-corrected chi connectivity index (χ4v) is 1.98. The molecule has 4 N–H and O–H groups in total. The molecule has 1 amide bonds. The summed E-state index contributed by atoms with van der Waals surface area (Å²) in [6, 6.07) is 1.60. The van der Waals surface area contributed by atoms with Crippen molar-refractivity contribution in [3.05, 3.63) is 23.7 Å². The predicted octanol–water partition coefficient (Wildman–Crippen LogP) is 1.45. The van der Waals surface area contributed by atoms with Crippen LogP contribution in [0.5, 0.6) is 0 Å². The van der Waals surface area contributed by atoms with Crippen molar-refractivity contribution in [3.8, 4) is 0 Å². The summed E-state index contributed by atoms with van der Waals surface area (Å²) < 4.78 is 36.8. The second kappa shape index (κ2) is 8.51. The number of carboxylic acids is 2. The maximum Gasteiger partial charge on any atom is 0.490 e. The summed E-state index contributed by atoms with van der Waals surface area (Å²) in [5, 5.41) is 16.0. The lowest BCUT2D eigenvalue weighted by Crippen LogP contribution is -2.46. The molecule has 1 fully saturated rings. The van der Waals surface area contributed by atoms with Crippen LogP contribution in [0.1, 0.15) is 35.4 Å². The normalized spacial score (nSPS) is 14.1. The van der Waals surface area contributed by atoms with E-state index >= 15 is 0 Å². The maximum absolute atomic E-state index is 12.2. The van der Waals surface area contributed by atoms with Crippen LogP contribution in [0.15, 0.2) is 16.7 Å². The van der Waals surface area contributed by atoms with Gasteiger partial charge in [0.15, 0.2) is 0 Å². The highest BCUT2D eigenvalue weighted by Crippen LogP contribution is 2.26. The van der Waals surface area contributed by atoms with E-state index in [0.717, 1.165) is 19.3 Å². The number of halogens is 3. The summed E-state index contributed by atoms with van der Waals surface area (Å²) in [4.78, 5) is 33.3. The molecule has 1 aliphatic carbocycles. The third kappa shape index (κ3) is 6.10. The Kier molecular flexibility index (Phi) is 6.97. The van der Waals surface area contributed by atoms with Crippen molar-refractivity contribution in [2.45, 2.75) is 38.0 Å². The SMILES string of the molecule is NCc1cc(C(=O)N(CC(=O)O)C2CCC2)co1.O=C(O)C(F)(F)F. The van der Waals surface area contributed by atoms with Crippen LogP contribution in [0.3, 0.4) is 0 Å². The average Bonchev–Trinajstić information content (AvgIpc) is 2.92. The molecule has 11 heteroatoms. The van der Waals surface area contributed by atoms with E-state index in [0.29, 0.717) is 11.3 Å². The first kappa shape index (κ1) is 20.5. The van der Waals surface area contributed by atoms with Gasteiger partial charge in [0, 0.05) is 6.04 Å². The predicted molar refractivity (Wildman–Crippen MR) is 76.6 cm³/mol. The highest BCUT2D eigenvalue weighted by atomic mass is 19.4. The van der Waals surface area contributed by atoms with Crippen LogP contribution in [-0.4, -0.2) is 51.7 Å². The van der Waals surface area contributed by atoms with Gasteiger partial charge in [-0.3, -0.25) is 9.59 Å². The lowest BCUT2D eigenvalue weighted by Gasteiger charge is -2.36. The van der Waals surface area contributed by atoms with Crippen LogP contribution in [0.4, 0.5) is 13.2 Å². The Morgan fingerprint density at radius 1 is 1.28 bits per heavy atom. The minimum Gasteiger partial charge on any atom is -0.480 e. The van der Waals surface area contributed by atoms with Crippen molar-refractivity contribution in [3.63, 3.8) is 0 Å². The molecule has 2 rings (SSSR count). The lowest BCUT2D eigenvalue weighted by atomic mass is 9.91. The van der Waals surface area contributed by atoms with Gasteiger partial charge in [-0.1, -0.05) is 0 Å². The number of hydrogen-bond acceptors (Lipinski definition) is 5. The summed E-state index contributed by atoms with van der Waals surface area (Å²) in [6.45, 7) is -0.0533. The Hall–Kier alpha value is -2.56. The Morgan fingerprint density at radius 2 is 1.84 bits per heavy atom. The molecular weight excluding hydrogens is 349 g/mol. The molecule has 1 aromatic heterocycles. The number of rotatable bonds is 5. The van der Waals surface area contributed by atoms with Crippen molar-refractivity contribution in [2.75, 3.05) is 6.54 Å². The summed E-state index contributed by atoms with van der Waals surface area (Å²) >= 11 is 0. The molecule has 0 unspecified atom stereocenters. The molecule has 0 bridgehead atoms. The van der Waals surface area contributed by atoms with Gasteiger partial charge in [-0.25, -0.2) is 4.79 Å². The minimum atomic E-state index is -5.08. The van der Waals surface area contributed by atoms with Crippen molar-refractivity contribution < 1.29 is 42.2 Å². The number of nitrogens with two attached hydrogens (primary N) is 1. The Morgan fingerprint density at radius 3 is 2.16 bits per heavy atom. The summed E-state index contributed by atoms with van der Waals surface area (Å²) in [5.41, 5.74) is 5.77. The zero-order chi connectivity index (χ0) is 19.2. The molecule has 140 valence electrons. The number of alkyl halides is 3. The summed E-state index contributed by atoms with van der Waals surface area (Å²) in [6.07, 6.45) is -0.993. The molecule has 0 aromatic carbocycles. The average molecular weight is 366 g/mol. The Bertz CT molecular complexity index is 624. The smallest absolute Gasteiger partial charge is 0.480 e. The third-order valence-electron chi connectivity index (χ3n) is 3.43. The first-order chi connectivity index (χ1) is 11.6. The number of amides is 1. The van der Waals surface area contributed by atoms with E-state index < -0.39 is 18.1 Å². The number of carboxylic acid groups (broad SMARTS) is 2. The van der Waals surface area contributed by atoms with Crippen LogP contribution < -0.4 is 5.73 Å². The second-order valence-corrected chi connectivity index (χ2v) is 5.22. The van der Waals surface area contributed by atoms with Gasteiger partial charge in [0.05, 0.1) is 12.1 Å². The van der Waals surface area contributed by atoms with Crippen LogP contribution in [-0.2, 0) is 16.1 Å². The zero-order valence-corrected chi connectivity index (χ0v) is 13.0. The van der Waals surface area contributed by atoms with E-state index in [4.69, 9.17) is 25.2 Å². The molecule has 1 saturated carbocycles. The van der Waals surface area contributed by atoms with Gasteiger partial charge in [-0.05, 0) is 25.3 Å². The van der Waals surface area contributed by atoms with E-state index in [1.54, 1.807) is 6.07 Å². The van der Waals surface area contributed by atoms with Crippen LogP contribution in [0.25, 0.3) is 0 Å². The number of hydrogen-bond donors (Lipinski definition) is 3. The number of furan rings is 1. The third-order valence-corrected chi connectivity index (χ3v) is 3.43. The number of aliphatic carboxylic acids is 2. The van der Waals surface area contributed by atoms with Gasteiger partial charge in [-0.2, -0.15) is 13.2 Å². The fraction of sp³-hybridized carbons (Fsp3) is 0.500. The van der Waals surface area contributed by atoms with E-state index in [1.807, 2.05) is 0 Å². The fourth-order valence-electron chi connectivity index (χ4n) is 1.98.